The van der Waals surface area contributed by atoms with Gasteiger partial charge in [-0.15, -0.1) is 5.46 Å². The smallest absolute Gasteiger partial charge is 0.445 e. The maximum absolute atomic E-state index is 12.3. The Morgan fingerprint density at radius 2 is 1.46 bits per heavy atom. The molecular formula is C8H8BClF3-. The van der Waals surface area contributed by atoms with Crippen molar-refractivity contribution in [1.82, 2.24) is 0 Å². The lowest BCUT2D eigenvalue weighted by Crippen LogP contribution is -2.34. The summed E-state index contributed by atoms with van der Waals surface area (Å²) >= 11 is 5.74. The lowest BCUT2D eigenvalue weighted by atomic mass is 9.78. The predicted octanol–water partition coefficient (Wildman–Crippen LogP) is 3.01. The molecule has 0 saturated carbocycles. The normalized spacial score (nSPS) is 11.8. The Kier molecular flexibility index (Phi) is 2.62. The Hall–Kier alpha value is -0.635. The summed E-state index contributed by atoms with van der Waals surface area (Å²) in [5.41, 5.74) is 0.353. The van der Waals surface area contributed by atoms with Crippen LogP contribution in [0.2, 0.25) is 5.02 Å². The van der Waals surface area contributed by atoms with Crippen molar-refractivity contribution < 1.29 is 12.9 Å². The van der Waals surface area contributed by atoms with E-state index in [9.17, 15) is 12.9 Å². The number of aryl methyl sites for hydroxylation is 2. The van der Waals surface area contributed by atoms with E-state index in [1.54, 1.807) is 13.8 Å². The number of hydrogen-bond acceptors (Lipinski definition) is 0. The molecule has 0 amide bonds. The summed E-state index contributed by atoms with van der Waals surface area (Å²) in [6.45, 7) is -1.78. The maximum atomic E-state index is 12.3. The van der Waals surface area contributed by atoms with Crippen LogP contribution in [-0.4, -0.2) is 6.98 Å². The molecule has 0 radical (unpaired) electrons. The zero-order valence-corrected chi connectivity index (χ0v) is 8.00. The van der Waals surface area contributed by atoms with Crippen LogP contribution in [-0.2, 0) is 0 Å². The summed E-state index contributed by atoms with van der Waals surface area (Å²) in [4.78, 5) is 0. The first-order valence-corrected chi connectivity index (χ1v) is 4.16. The fourth-order valence-corrected chi connectivity index (χ4v) is 1.28. The summed E-state index contributed by atoms with van der Waals surface area (Å²) in [7, 11) is 0. The molecule has 0 unspecified atom stereocenters. The third-order valence-corrected chi connectivity index (χ3v) is 2.43. The zero-order valence-electron chi connectivity index (χ0n) is 7.24. The molecule has 0 saturated heterocycles. The van der Waals surface area contributed by atoms with Gasteiger partial charge in [0.05, 0.1) is 0 Å². The van der Waals surface area contributed by atoms with Gasteiger partial charge in [0, 0.05) is 5.02 Å². The van der Waals surface area contributed by atoms with Gasteiger partial charge in [-0.25, -0.2) is 0 Å². The van der Waals surface area contributed by atoms with Gasteiger partial charge in [0.25, 0.3) is 0 Å². The fourth-order valence-electron chi connectivity index (χ4n) is 1.17. The summed E-state index contributed by atoms with van der Waals surface area (Å²) in [5, 5.41) is 0.406. The minimum Gasteiger partial charge on any atom is -0.445 e. The van der Waals surface area contributed by atoms with E-state index in [1.807, 2.05) is 0 Å². The van der Waals surface area contributed by atoms with Gasteiger partial charge in [0.1, 0.15) is 0 Å². The molecule has 0 aliphatic heterocycles. The van der Waals surface area contributed by atoms with E-state index in [1.165, 1.54) is 0 Å². The maximum Gasteiger partial charge on any atom is 0.509 e. The van der Waals surface area contributed by atoms with Crippen molar-refractivity contribution in [3.63, 3.8) is 0 Å². The molecule has 0 N–H and O–H groups in total. The monoisotopic (exact) mass is 207 g/mol. The first-order valence-electron chi connectivity index (χ1n) is 3.79. The molecule has 0 fully saturated rings. The van der Waals surface area contributed by atoms with Crippen LogP contribution in [0.15, 0.2) is 12.1 Å². The quantitative estimate of drug-likeness (QED) is 0.621. The van der Waals surface area contributed by atoms with Crippen molar-refractivity contribution in [3.8, 4) is 0 Å². The molecule has 0 atom stereocenters. The number of rotatable bonds is 1. The highest BCUT2D eigenvalue weighted by Gasteiger charge is 2.26. The van der Waals surface area contributed by atoms with E-state index in [2.05, 4.69) is 0 Å². The molecule has 1 aromatic carbocycles. The highest BCUT2D eigenvalue weighted by Crippen LogP contribution is 2.20. The summed E-state index contributed by atoms with van der Waals surface area (Å²) in [6, 6.07) is 2.16. The molecule has 1 aromatic rings. The van der Waals surface area contributed by atoms with E-state index >= 15 is 0 Å². The number of halogens is 4. The van der Waals surface area contributed by atoms with E-state index in [0.717, 1.165) is 12.1 Å². The van der Waals surface area contributed by atoms with E-state index in [0.29, 0.717) is 16.1 Å². The molecule has 0 spiro atoms. The third-order valence-electron chi connectivity index (χ3n) is 1.84. The Morgan fingerprint density at radius 3 is 1.77 bits per heavy atom. The average Bonchev–Trinajstić information content (AvgIpc) is 1.97. The summed E-state index contributed by atoms with van der Waals surface area (Å²) in [5.74, 6) is 0. The molecule has 13 heavy (non-hydrogen) atoms. The number of hydrogen-bond donors (Lipinski definition) is 0. The van der Waals surface area contributed by atoms with Gasteiger partial charge in [-0.05, 0) is 25.0 Å². The average molecular weight is 207 g/mol. The van der Waals surface area contributed by atoms with Crippen molar-refractivity contribution in [2.24, 2.45) is 0 Å². The van der Waals surface area contributed by atoms with E-state index in [4.69, 9.17) is 11.6 Å². The Labute approximate surface area is 79.8 Å². The molecule has 1 rings (SSSR count). The van der Waals surface area contributed by atoms with Crippen LogP contribution in [0.3, 0.4) is 0 Å². The molecule has 0 heterocycles. The first kappa shape index (κ1) is 10.4. The SMILES string of the molecule is Cc1cc([B-](F)(F)F)cc(C)c1Cl. The molecule has 0 aliphatic rings. The standard InChI is InChI=1S/C8H8BClF3/c1-5-3-7(9(11,12)13)4-6(2)8(5)10/h3-4H,1-2H3/q-1. The zero-order chi connectivity index (χ0) is 10.2. The second kappa shape index (κ2) is 3.26. The Morgan fingerprint density at radius 1 is 1.08 bits per heavy atom. The van der Waals surface area contributed by atoms with Crippen molar-refractivity contribution in [2.75, 3.05) is 0 Å². The molecule has 0 aromatic heterocycles. The van der Waals surface area contributed by atoms with Crippen molar-refractivity contribution in [2.45, 2.75) is 13.8 Å². The van der Waals surface area contributed by atoms with Gasteiger partial charge in [0.2, 0.25) is 0 Å². The fraction of sp³-hybridized carbons (Fsp3) is 0.250. The highest BCUT2D eigenvalue weighted by atomic mass is 35.5. The lowest BCUT2D eigenvalue weighted by Gasteiger charge is -2.17. The second-order valence-electron chi connectivity index (χ2n) is 3.04. The summed E-state index contributed by atoms with van der Waals surface area (Å²) < 4.78 is 36.9. The van der Waals surface area contributed by atoms with Gasteiger partial charge in [-0.3, -0.25) is 0 Å². The lowest BCUT2D eigenvalue weighted by molar-refractivity contribution is 0.501. The van der Waals surface area contributed by atoms with E-state index in [-0.39, 0.29) is 0 Å². The molecule has 5 heteroatoms. The van der Waals surface area contributed by atoms with Crippen LogP contribution in [0.25, 0.3) is 0 Å². The molecule has 0 bridgehead atoms. The predicted molar refractivity (Wildman–Crippen MR) is 49.6 cm³/mol. The van der Waals surface area contributed by atoms with Gasteiger partial charge in [0.15, 0.2) is 0 Å². The molecule has 0 aliphatic carbocycles. The van der Waals surface area contributed by atoms with Crippen molar-refractivity contribution >= 4 is 24.0 Å². The van der Waals surface area contributed by atoms with Crippen LogP contribution in [0.4, 0.5) is 12.9 Å². The highest BCUT2D eigenvalue weighted by molar-refractivity contribution is 6.73. The van der Waals surface area contributed by atoms with E-state index < -0.39 is 12.4 Å². The van der Waals surface area contributed by atoms with Crippen LogP contribution >= 0.6 is 11.6 Å². The van der Waals surface area contributed by atoms with Crippen molar-refractivity contribution in [3.05, 3.63) is 28.3 Å². The molecule has 72 valence electrons. The Balaban J connectivity index is 3.29. The van der Waals surface area contributed by atoms with Gasteiger partial charge >= 0.3 is 6.98 Å². The second-order valence-corrected chi connectivity index (χ2v) is 3.42. The molecular weight excluding hydrogens is 199 g/mol. The van der Waals surface area contributed by atoms with Crippen LogP contribution < -0.4 is 5.46 Å². The minimum atomic E-state index is -4.92. The minimum absolute atomic E-state index is 0.406. The van der Waals surface area contributed by atoms with Crippen LogP contribution in [0, 0.1) is 13.8 Å². The largest absolute Gasteiger partial charge is 0.509 e. The third kappa shape index (κ3) is 2.18. The van der Waals surface area contributed by atoms with Gasteiger partial charge < -0.3 is 12.9 Å². The van der Waals surface area contributed by atoms with Crippen LogP contribution in [0.5, 0.6) is 0 Å². The molecule has 0 nitrogen and oxygen atoms in total. The summed E-state index contributed by atoms with van der Waals surface area (Å²) in [6.07, 6.45) is 0. The van der Waals surface area contributed by atoms with Crippen LogP contribution in [0.1, 0.15) is 11.1 Å². The van der Waals surface area contributed by atoms with Gasteiger partial charge in [-0.2, -0.15) is 0 Å². The van der Waals surface area contributed by atoms with Gasteiger partial charge in [-0.1, -0.05) is 23.7 Å². The number of benzene rings is 1. The Bertz CT molecular complexity index is 310. The topological polar surface area (TPSA) is 0 Å². The van der Waals surface area contributed by atoms with Crippen molar-refractivity contribution in [1.29, 1.82) is 0 Å². The first-order chi connectivity index (χ1) is 5.82.